The lowest BCUT2D eigenvalue weighted by Gasteiger charge is -2.48. The summed E-state index contributed by atoms with van der Waals surface area (Å²) in [5, 5.41) is 3.07. The molecule has 116 valence electrons. The standard InChI is InChI=1S/C14H24F2N2O2/c1-12(2,3)20-11(19)18-8-5-13(6-9-18)10-17-7-4-14(13,15)16/h17H,4-10H2,1-3H3. The third-order valence-corrected chi connectivity index (χ3v) is 4.23. The third kappa shape index (κ3) is 3.05. The van der Waals surface area contributed by atoms with E-state index in [1.807, 2.05) is 0 Å². The van der Waals surface area contributed by atoms with Crippen LogP contribution in [-0.4, -0.2) is 48.7 Å². The van der Waals surface area contributed by atoms with E-state index in [9.17, 15) is 13.6 Å². The van der Waals surface area contributed by atoms with Gasteiger partial charge in [0.05, 0.1) is 0 Å². The number of carbonyl (C=O) groups is 1. The number of likely N-dealkylation sites (tertiary alicyclic amines) is 1. The highest BCUT2D eigenvalue weighted by molar-refractivity contribution is 5.68. The summed E-state index contributed by atoms with van der Waals surface area (Å²) in [4.78, 5) is 13.5. The molecular formula is C14H24F2N2O2. The minimum absolute atomic E-state index is 0.112. The van der Waals surface area contributed by atoms with E-state index in [1.54, 1.807) is 25.7 Å². The predicted octanol–water partition coefficient (Wildman–Crippen LogP) is 2.63. The van der Waals surface area contributed by atoms with Crippen LogP contribution in [0.15, 0.2) is 0 Å². The van der Waals surface area contributed by atoms with Gasteiger partial charge in [-0.1, -0.05) is 0 Å². The molecule has 0 aromatic heterocycles. The molecule has 0 atom stereocenters. The molecule has 1 amide bonds. The van der Waals surface area contributed by atoms with Crippen molar-refractivity contribution in [2.24, 2.45) is 5.41 Å². The van der Waals surface area contributed by atoms with Crippen LogP contribution in [0.3, 0.4) is 0 Å². The molecule has 4 nitrogen and oxygen atoms in total. The van der Waals surface area contributed by atoms with Gasteiger partial charge in [-0.15, -0.1) is 0 Å². The highest BCUT2D eigenvalue weighted by Gasteiger charge is 2.55. The Hall–Kier alpha value is -0.910. The number of carbonyl (C=O) groups excluding carboxylic acids is 1. The fourth-order valence-corrected chi connectivity index (χ4v) is 2.95. The lowest BCUT2D eigenvalue weighted by Crippen LogP contribution is -2.59. The summed E-state index contributed by atoms with van der Waals surface area (Å²) in [6.07, 6.45) is 0.136. The number of nitrogens with zero attached hydrogens (tertiary/aromatic N) is 1. The van der Waals surface area contributed by atoms with Gasteiger partial charge in [0, 0.05) is 38.0 Å². The minimum atomic E-state index is -2.64. The Balaban J connectivity index is 1.96. The number of ether oxygens (including phenoxy) is 1. The van der Waals surface area contributed by atoms with E-state index in [0.29, 0.717) is 39.0 Å². The Bertz CT molecular complexity index is 372. The number of rotatable bonds is 0. The molecule has 0 aliphatic carbocycles. The molecule has 0 bridgehead atoms. The van der Waals surface area contributed by atoms with Crippen LogP contribution in [0.4, 0.5) is 13.6 Å². The van der Waals surface area contributed by atoms with E-state index < -0.39 is 23.0 Å². The van der Waals surface area contributed by atoms with Crippen molar-refractivity contribution >= 4 is 6.09 Å². The Morgan fingerprint density at radius 3 is 2.30 bits per heavy atom. The monoisotopic (exact) mass is 290 g/mol. The Kier molecular flexibility index (Phi) is 3.97. The van der Waals surface area contributed by atoms with Crippen molar-refractivity contribution in [2.75, 3.05) is 26.2 Å². The number of hydrogen-bond donors (Lipinski definition) is 1. The quantitative estimate of drug-likeness (QED) is 0.745. The molecule has 2 aliphatic heterocycles. The van der Waals surface area contributed by atoms with Gasteiger partial charge in [0.25, 0.3) is 5.92 Å². The topological polar surface area (TPSA) is 41.6 Å². The maximum absolute atomic E-state index is 14.2. The summed E-state index contributed by atoms with van der Waals surface area (Å²) in [5.74, 6) is -2.64. The molecular weight excluding hydrogens is 266 g/mol. The first-order chi connectivity index (χ1) is 9.15. The first-order valence-corrected chi connectivity index (χ1v) is 7.22. The van der Waals surface area contributed by atoms with E-state index in [1.165, 1.54) is 0 Å². The van der Waals surface area contributed by atoms with Crippen LogP contribution >= 0.6 is 0 Å². The zero-order valence-electron chi connectivity index (χ0n) is 12.5. The first-order valence-electron chi connectivity index (χ1n) is 7.22. The van der Waals surface area contributed by atoms with E-state index in [0.717, 1.165) is 0 Å². The van der Waals surface area contributed by atoms with Crippen LogP contribution in [0, 0.1) is 5.41 Å². The van der Waals surface area contributed by atoms with Gasteiger partial charge in [0.2, 0.25) is 0 Å². The second-order valence-corrected chi connectivity index (χ2v) is 6.88. The van der Waals surface area contributed by atoms with Crippen LogP contribution < -0.4 is 5.32 Å². The molecule has 2 saturated heterocycles. The van der Waals surface area contributed by atoms with Gasteiger partial charge in [-0.05, 0) is 33.6 Å². The second-order valence-electron chi connectivity index (χ2n) is 6.88. The van der Waals surface area contributed by atoms with E-state index >= 15 is 0 Å². The maximum atomic E-state index is 14.2. The van der Waals surface area contributed by atoms with Gasteiger partial charge in [-0.2, -0.15) is 0 Å². The molecule has 2 heterocycles. The molecule has 0 radical (unpaired) electrons. The molecule has 0 aromatic carbocycles. The van der Waals surface area contributed by atoms with Crippen molar-refractivity contribution in [2.45, 2.75) is 51.6 Å². The number of piperidine rings is 2. The lowest BCUT2D eigenvalue weighted by molar-refractivity contribution is -0.161. The van der Waals surface area contributed by atoms with Gasteiger partial charge < -0.3 is 15.0 Å². The van der Waals surface area contributed by atoms with Gasteiger partial charge in [0.1, 0.15) is 5.60 Å². The summed E-state index contributed by atoms with van der Waals surface area (Å²) in [5.41, 5.74) is -1.55. The van der Waals surface area contributed by atoms with E-state index in [4.69, 9.17) is 4.74 Å². The summed E-state index contributed by atoms with van der Waals surface area (Å²) >= 11 is 0. The smallest absolute Gasteiger partial charge is 0.410 e. The van der Waals surface area contributed by atoms with Crippen molar-refractivity contribution in [1.29, 1.82) is 0 Å². The highest BCUT2D eigenvalue weighted by atomic mass is 19.3. The zero-order valence-corrected chi connectivity index (χ0v) is 12.5. The lowest BCUT2D eigenvalue weighted by atomic mass is 9.70. The number of amides is 1. The summed E-state index contributed by atoms with van der Waals surface area (Å²) < 4.78 is 33.6. The summed E-state index contributed by atoms with van der Waals surface area (Å²) in [6, 6.07) is 0. The average molecular weight is 290 g/mol. The zero-order chi connectivity index (χ0) is 15.0. The van der Waals surface area contributed by atoms with Gasteiger partial charge in [0.15, 0.2) is 0 Å². The van der Waals surface area contributed by atoms with Crippen molar-refractivity contribution in [1.82, 2.24) is 10.2 Å². The molecule has 1 N–H and O–H groups in total. The van der Waals surface area contributed by atoms with Crippen molar-refractivity contribution in [3.05, 3.63) is 0 Å². The average Bonchev–Trinajstić information content (AvgIpc) is 2.32. The van der Waals surface area contributed by atoms with Crippen LogP contribution in [-0.2, 0) is 4.74 Å². The molecule has 6 heteroatoms. The predicted molar refractivity (Wildman–Crippen MR) is 71.9 cm³/mol. The molecule has 2 aliphatic rings. The summed E-state index contributed by atoms with van der Waals surface area (Å²) in [6.45, 7) is 6.78. The number of hydrogen-bond acceptors (Lipinski definition) is 3. The van der Waals surface area contributed by atoms with Crippen LogP contribution in [0.2, 0.25) is 0 Å². The molecule has 0 saturated carbocycles. The minimum Gasteiger partial charge on any atom is -0.444 e. The van der Waals surface area contributed by atoms with Crippen LogP contribution in [0.1, 0.15) is 40.0 Å². The van der Waals surface area contributed by atoms with E-state index in [2.05, 4.69) is 5.32 Å². The number of nitrogens with one attached hydrogen (secondary N) is 1. The van der Waals surface area contributed by atoms with Crippen LogP contribution in [0.5, 0.6) is 0 Å². The number of halogens is 2. The molecule has 2 fully saturated rings. The fraction of sp³-hybridized carbons (Fsp3) is 0.929. The summed E-state index contributed by atoms with van der Waals surface area (Å²) in [7, 11) is 0. The van der Waals surface area contributed by atoms with Gasteiger partial charge >= 0.3 is 6.09 Å². The molecule has 0 aromatic rings. The Morgan fingerprint density at radius 1 is 1.20 bits per heavy atom. The normalized spacial score (nSPS) is 25.6. The fourth-order valence-electron chi connectivity index (χ4n) is 2.95. The van der Waals surface area contributed by atoms with Crippen molar-refractivity contribution < 1.29 is 18.3 Å². The molecule has 2 rings (SSSR count). The largest absolute Gasteiger partial charge is 0.444 e. The van der Waals surface area contributed by atoms with Gasteiger partial charge in [-0.25, -0.2) is 13.6 Å². The maximum Gasteiger partial charge on any atom is 0.410 e. The molecule has 1 spiro atoms. The molecule has 0 unspecified atom stereocenters. The Labute approximate surface area is 118 Å². The second kappa shape index (κ2) is 5.13. The number of alkyl halides is 2. The highest BCUT2D eigenvalue weighted by Crippen LogP contribution is 2.48. The third-order valence-electron chi connectivity index (χ3n) is 4.23. The molecule has 20 heavy (non-hydrogen) atoms. The SMILES string of the molecule is CC(C)(C)OC(=O)N1CCC2(CC1)CNCCC2(F)F. The van der Waals surface area contributed by atoms with Crippen molar-refractivity contribution in [3.63, 3.8) is 0 Å². The van der Waals surface area contributed by atoms with Gasteiger partial charge in [-0.3, -0.25) is 0 Å². The Morgan fingerprint density at radius 2 is 1.80 bits per heavy atom. The van der Waals surface area contributed by atoms with Crippen molar-refractivity contribution in [3.8, 4) is 0 Å². The van der Waals surface area contributed by atoms with Crippen LogP contribution in [0.25, 0.3) is 0 Å². The van der Waals surface area contributed by atoms with E-state index in [-0.39, 0.29) is 6.42 Å². The first kappa shape index (κ1) is 15.5.